The van der Waals surface area contributed by atoms with Crippen LogP contribution >= 0.6 is 11.6 Å². The molecule has 0 spiro atoms. The Labute approximate surface area is 177 Å². The summed E-state index contributed by atoms with van der Waals surface area (Å²) in [5, 5.41) is 5.80. The van der Waals surface area contributed by atoms with E-state index in [-0.39, 0.29) is 16.8 Å². The van der Waals surface area contributed by atoms with Crippen molar-refractivity contribution in [3.8, 4) is 17.4 Å². The molecule has 0 radical (unpaired) electrons. The third kappa shape index (κ3) is 5.45. The van der Waals surface area contributed by atoms with Crippen molar-refractivity contribution in [2.75, 3.05) is 17.7 Å². The Morgan fingerprint density at radius 3 is 2.73 bits per heavy atom. The SMILES string of the molecule is CC=CC(=O)Nc1ccc(OC)c(Nc2cc(Oc3ccc(F)c(Cl)c3)ncn2)c1. The number of benzene rings is 2. The zero-order chi connectivity index (χ0) is 21.5. The maximum Gasteiger partial charge on any atom is 0.248 e. The second-order valence-electron chi connectivity index (χ2n) is 5.95. The number of ether oxygens (including phenoxy) is 2. The fraction of sp³-hybridized carbons (Fsp3) is 0.0952. The molecule has 0 saturated heterocycles. The maximum atomic E-state index is 13.3. The number of nitrogens with one attached hydrogen (secondary N) is 2. The summed E-state index contributed by atoms with van der Waals surface area (Å²) in [6.45, 7) is 1.76. The largest absolute Gasteiger partial charge is 0.495 e. The lowest BCUT2D eigenvalue weighted by Crippen LogP contribution is -2.08. The normalized spacial score (nSPS) is 10.7. The van der Waals surface area contributed by atoms with Crippen LogP contribution in [0.3, 0.4) is 0 Å². The molecule has 0 aliphatic carbocycles. The van der Waals surface area contributed by atoms with E-state index in [0.717, 1.165) is 0 Å². The van der Waals surface area contributed by atoms with Crippen molar-refractivity contribution in [1.82, 2.24) is 9.97 Å². The second-order valence-corrected chi connectivity index (χ2v) is 6.36. The number of rotatable bonds is 7. The van der Waals surface area contributed by atoms with Crippen molar-refractivity contribution in [2.24, 2.45) is 0 Å². The highest BCUT2D eigenvalue weighted by molar-refractivity contribution is 6.30. The highest BCUT2D eigenvalue weighted by atomic mass is 35.5. The first kappa shape index (κ1) is 21.1. The quantitative estimate of drug-likeness (QED) is 0.495. The molecule has 3 rings (SSSR count). The summed E-state index contributed by atoms with van der Waals surface area (Å²) < 4.78 is 24.3. The van der Waals surface area contributed by atoms with E-state index < -0.39 is 5.82 Å². The minimum absolute atomic E-state index is 0.0542. The van der Waals surface area contributed by atoms with E-state index in [1.165, 1.54) is 37.7 Å². The smallest absolute Gasteiger partial charge is 0.248 e. The number of allylic oxidation sites excluding steroid dienone is 1. The molecule has 0 bridgehead atoms. The van der Waals surface area contributed by atoms with Gasteiger partial charge in [-0.15, -0.1) is 0 Å². The van der Waals surface area contributed by atoms with Gasteiger partial charge in [-0.3, -0.25) is 4.79 Å². The molecule has 154 valence electrons. The van der Waals surface area contributed by atoms with Crippen molar-refractivity contribution in [2.45, 2.75) is 6.92 Å². The number of halogens is 2. The van der Waals surface area contributed by atoms with Gasteiger partial charge in [0.05, 0.1) is 17.8 Å². The van der Waals surface area contributed by atoms with Gasteiger partial charge < -0.3 is 20.1 Å². The third-order valence-electron chi connectivity index (χ3n) is 3.80. The number of anilines is 3. The van der Waals surface area contributed by atoms with Gasteiger partial charge in [-0.2, -0.15) is 0 Å². The van der Waals surface area contributed by atoms with Crippen LogP contribution in [0.25, 0.3) is 0 Å². The summed E-state index contributed by atoms with van der Waals surface area (Å²) in [7, 11) is 1.53. The standard InChI is InChI=1S/C21H18ClFN4O3/c1-3-4-20(28)26-13-5-8-18(29-2)17(9-13)27-19-11-21(25-12-24-19)30-14-6-7-16(23)15(22)10-14/h3-12H,1-2H3,(H,26,28)(H,24,25,27). The third-order valence-corrected chi connectivity index (χ3v) is 4.09. The summed E-state index contributed by atoms with van der Waals surface area (Å²) in [5.74, 6) is 0.740. The Morgan fingerprint density at radius 2 is 2.00 bits per heavy atom. The van der Waals surface area contributed by atoms with Crippen LogP contribution < -0.4 is 20.1 Å². The average Bonchev–Trinajstić information content (AvgIpc) is 2.71. The van der Waals surface area contributed by atoms with Gasteiger partial charge in [-0.1, -0.05) is 17.7 Å². The summed E-state index contributed by atoms with van der Waals surface area (Å²) in [6.07, 6.45) is 4.38. The molecule has 7 nitrogen and oxygen atoms in total. The summed E-state index contributed by atoms with van der Waals surface area (Å²) >= 11 is 5.77. The van der Waals surface area contributed by atoms with Crippen molar-refractivity contribution < 1.29 is 18.7 Å². The lowest BCUT2D eigenvalue weighted by Gasteiger charge is -2.13. The Bertz CT molecular complexity index is 1090. The van der Waals surface area contributed by atoms with E-state index in [1.807, 2.05) is 0 Å². The van der Waals surface area contributed by atoms with E-state index in [9.17, 15) is 9.18 Å². The number of carbonyl (C=O) groups is 1. The highest BCUT2D eigenvalue weighted by Crippen LogP contribution is 2.31. The highest BCUT2D eigenvalue weighted by Gasteiger charge is 2.09. The molecular formula is C21H18ClFN4O3. The predicted octanol–water partition coefficient (Wildman–Crippen LogP) is 5.33. The average molecular weight is 429 g/mol. The molecule has 2 aromatic carbocycles. The number of carbonyl (C=O) groups excluding carboxylic acids is 1. The molecule has 0 aliphatic rings. The maximum absolute atomic E-state index is 13.3. The van der Waals surface area contributed by atoms with Crippen LogP contribution in [0.15, 0.2) is 60.9 Å². The number of nitrogens with zero attached hydrogens (tertiary/aromatic N) is 2. The lowest BCUT2D eigenvalue weighted by molar-refractivity contribution is -0.111. The zero-order valence-electron chi connectivity index (χ0n) is 16.1. The summed E-state index contributed by atoms with van der Waals surface area (Å²) in [5.41, 5.74) is 1.15. The van der Waals surface area contributed by atoms with Gasteiger partial charge in [-0.25, -0.2) is 14.4 Å². The van der Waals surface area contributed by atoms with E-state index >= 15 is 0 Å². The molecule has 0 aliphatic heterocycles. The van der Waals surface area contributed by atoms with Crippen molar-refractivity contribution >= 4 is 34.7 Å². The van der Waals surface area contributed by atoms with Crippen molar-refractivity contribution in [3.63, 3.8) is 0 Å². The van der Waals surface area contributed by atoms with Gasteiger partial charge in [0.15, 0.2) is 0 Å². The molecule has 3 aromatic rings. The van der Waals surface area contributed by atoms with Crippen LogP contribution in [-0.2, 0) is 4.79 Å². The van der Waals surface area contributed by atoms with Crippen LogP contribution in [-0.4, -0.2) is 23.0 Å². The molecule has 1 heterocycles. The van der Waals surface area contributed by atoms with Crippen LogP contribution in [0.2, 0.25) is 5.02 Å². The van der Waals surface area contributed by atoms with Gasteiger partial charge in [0.2, 0.25) is 11.8 Å². The molecule has 2 N–H and O–H groups in total. The number of methoxy groups -OCH3 is 1. The number of aromatic nitrogens is 2. The van der Waals surface area contributed by atoms with Crippen molar-refractivity contribution in [3.05, 3.63) is 71.8 Å². The Kier molecular flexibility index (Phi) is 6.82. The lowest BCUT2D eigenvalue weighted by atomic mass is 10.2. The van der Waals surface area contributed by atoms with Crippen molar-refractivity contribution in [1.29, 1.82) is 0 Å². The van der Waals surface area contributed by atoms with Gasteiger partial charge in [0.1, 0.15) is 29.5 Å². The molecule has 0 fully saturated rings. The summed E-state index contributed by atoms with van der Waals surface area (Å²) in [6, 6.07) is 10.7. The summed E-state index contributed by atoms with van der Waals surface area (Å²) in [4.78, 5) is 20.0. The van der Waals surface area contributed by atoms with E-state index in [1.54, 1.807) is 37.3 Å². The monoisotopic (exact) mass is 428 g/mol. The zero-order valence-corrected chi connectivity index (χ0v) is 16.9. The van der Waals surface area contributed by atoms with Gasteiger partial charge in [-0.05, 0) is 43.3 Å². The molecule has 30 heavy (non-hydrogen) atoms. The fourth-order valence-electron chi connectivity index (χ4n) is 2.48. The molecule has 0 saturated carbocycles. The van der Waals surface area contributed by atoms with E-state index in [2.05, 4.69) is 20.6 Å². The van der Waals surface area contributed by atoms with E-state index in [0.29, 0.717) is 28.7 Å². The number of hydrogen-bond acceptors (Lipinski definition) is 6. The fourth-order valence-corrected chi connectivity index (χ4v) is 2.65. The molecule has 9 heteroatoms. The molecule has 0 atom stereocenters. The van der Waals surface area contributed by atoms with Crippen LogP contribution in [0.1, 0.15) is 6.92 Å². The van der Waals surface area contributed by atoms with E-state index in [4.69, 9.17) is 21.1 Å². The van der Waals surface area contributed by atoms with Crippen LogP contribution in [0.5, 0.6) is 17.4 Å². The Balaban J connectivity index is 1.80. The molecule has 1 amide bonds. The first-order chi connectivity index (χ1) is 14.5. The minimum atomic E-state index is -0.539. The predicted molar refractivity (Wildman–Crippen MR) is 113 cm³/mol. The topological polar surface area (TPSA) is 85.4 Å². The first-order valence-corrected chi connectivity index (χ1v) is 9.20. The second kappa shape index (κ2) is 9.71. The van der Waals surface area contributed by atoms with Gasteiger partial charge in [0, 0.05) is 17.8 Å². The first-order valence-electron chi connectivity index (χ1n) is 8.82. The van der Waals surface area contributed by atoms with Gasteiger partial charge >= 0.3 is 0 Å². The van der Waals surface area contributed by atoms with Crippen LogP contribution in [0.4, 0.5) is 21.6 Å². The Hall–Kier alpha value is -3.65. The van der Waals surface area contributed by atoms with Crippen LogP contribution in [0, 0.1) is 5.82 Å². The molecular weight excluding hydrogens is 411 g/mol. The minimum Gasteiger partial charge on any atom is -0.495 e. The number of hydrogen-bond donors (Lipinski definition) is 2. The number of amides is 1. The molecule has 1 aromatic heterocycles. The van der Waals surface area contributed by atoms with Gasteiger partial charge in [0.25, 0.3) is 0 Å². The Morgan fingerprint density at radius 1 is 1.17 bits per heavy atom. The molecule has 0 unspecified atom stereocenters.